The van der Waals surface area contributed by atoms with Crippen LogP contribution in [0.2, 0.25) is 0 Å². The Labute approximate surface area is 114 Å². The molecule has 0 spiro atoms. The molecule has 2 rings (SSSR count). The summed E-state index contributed by atoms with van der Waals surface area (Å²) < 4.78 is 39.9. The van der Waals surface area contributed by atoms with Gasteiger partial charge in [0, 0.05) is 13.1 Å². The first kappa shape index (κ1) is 15.1. The van der Waals surface area contributed by atoms with Gasteiger partial charge in [-0.2, -0.15) is 13.2 Å². The second kappa shape index (κ2) is 5.26. The van der Waals surface area contributed by atoms with Crippen molar-refractivity contribution in [2.24, 2.45) is 11.3 Å². The van der Waals surface area contributed by atoms with Crippen LogP contribution in [0.25, 0.3) is 0 Å². The molecule has 20 heavy (non-hydrogen) atoms. The van der Waals surface area contributed by atoms with Crippen molar-refractivity contribution in [2.45, 2.75) is 44.7 Å². The quantitative estimate of drug-likeness (QED) is 0.850. The SMILES string of the molecule is O=C(O)C1CCN(C(=O)C2(C(F)(F)F)CCCC2)CC1. The van der Waals surface area contributed by atoms with Crippen LogP contribution in [0, 0.1) is 11.3 Å². The Balaban J connectivity index is 2.09. The Hall–Kier alpha value is -1.27. The summed E-state index contributed by atoms with van der Waals surface area (Å²) in [5, 5.41) is 8.87. The predicted octanol–water partition coefficient (Wildman–Crippen LogP) is 2.43. The third-order valence-electron chi connectivity index (χ3n) is 4.54. The van der Waals surface area contributed by atoms with E-state index in [1.54, 1.807) is 0 Å². The number of likely N-dealkylation sites (tertiary alicyclic amines) is 1. The van der Waals surface area contributed by atoms with Crippen molar-refractivity contribution in [3.05, 3.63) is 0 Å². The topological polar surface area (TPSA) is 57.6 Å². The van der Waals surface area contributed by atoms with E-state index in [9.17, 15) is 22.8 Å². The molecule has 1 heterocycles. The maximum absolute atomic E-state index is 13.3. The maximum atomic E-state index is 13.3. The second-order valence-electron chi connectivity index (χ2n) is 5.69. The Morgan fingerprint density at radius 1 is 1.10 bits per heavy atom. The fourth-order valence-electron chi connectivity index (χ4n) is 3.23. The number of carbonyl (C=O) groups is 2. The van der Waals surface area contributed by atoms with Gasteiger partial charge in [-0.25, -0.2) is 0 Å². The molecule has 7 heteroatoms. The zero-order valence-corrected chi connectivity index (χ0v) is 11.1. The number of halogens is 3. The van der Waals surface area contributed by atoms with E-state index >= 15 is 0 Å². The lowest BCUT2D eigenvalue weighted by Crippen LogP contribution is -2.53. The van der Waals surface area contributed by atoms with Crippen LogP contribution in [0.15, 0.2) is 0 Å². The molecule has 0 aromatic carbocycles. The van der Waals surface area contributed by atoms with Gasteiger partial charge in [-0.3, -0.25) is 9.59 Å². The van der Waals surface area contributed by atoms with Gasteiger partial charge in [-0.1, -0.05) is 12.8 Å². The Kier molecular flexibility index (Phi) is 3.97. The van der Waals surface area contributed by atoms with E-state index in [2.05, 4.69) is 0 Å². The Morgan fingerprint density at radius 2 is 1.60 bits per heavy atom. The van der Waals surface area contributed by atoms with Crippen LogP contribution >= 0.6 is 0 Å². The standard InChI is InChI=1S/C13H18F3NO3/c14-13(15,16)12(5-1-2-6-12)11(20)17-7-3-9(4-8-17)10(18)19/h9H,1-8H2,(H,18,19). The molecule has 0 aromatic heterocycles. The monoisotopic (exact) mass is 293 g/mol. The van der Waals surface area contributed by atoms with Crippen LogP contribution in [-0.2, 0) is 9.59 Å². The molecule has 1 aliphatic carbocycles. The number of rotatable bonds is 2. The van der Waals surface area contributed by atoms with Gasteiger partial charge in [0.05, 0.1) is 5.92 Å². The molecule has 1 N–H and O–H groups in total. The van der Waals surface area contributed by atoms with Crippen molar-refractivity contribution in [3.63, 3.8) is 0 Å². The van der Waals surface area contributed by atoms with Crippen LogP contribution in [0.4, 0.5) is 13.2 Å². The highest BCUT2D eigenvalue weighted by Crippen LogP contribution is 2.51. The summed E-state index contributed by atoms with van der Waals surface area (Å²) in [5.74, 6) is -2.35. The molecule has 1 saturated heterocycles. The summed E-state index contributed by atoms with van der Waals surface area (Å²) in [6, 6.07) is 0. The van der Waals surface area contributed by atoms with Crippen LogP contribution in [0.1, 0.15) is 38.5 Å². The average molecular weight is 293 g/mol. The number of nitrogens with zero attached hydrogens (tertiary/aromatic N) is 1. The van der Waals surface area contributed by atoms with E-state index in [0.717, 1.165) is 0 Å². The number of carboxylic acid groups (broad SMARTS) is 1. The van der Waals surface area contributed by atoms with E-state index in [4.69, 9.17) is 5.11 Å². The summed E-state index contributed by atoms with van der Waals surface area (Å²) in [4.78, 5) is 24.3. The highest BCUT2D eigenvalue weighted by atomic mass is 19.4. The number of alkyl halides is 3. The molecule has 0 atom stereocenters. The van der Waals surface area contributed by atoms with Crippen molar-refractivity contribution in [2.75, 3.05) is 13.1 Å². The van der Waals surface area contributed by atoms with E-state index in [1.165, 1.54) is 4.90 Å². The Morgan fingerprint density at radius 3 is 2.00 bits per heavy atom. The fraction of sp³-hybridized carbons (Fsp3) is 0.846. The average Bonchev–Trinajstić information content (AvgIpc) is 2.88. The largest absolute Gasteiger partial charge is 0.481 e. The van der Waals surface area contributed by atoms with Crippen LogP contribution in [-0.4, -0.2) is 41.1 Å². The fourth-order valence-corrected chi connectivity index (χ4v) is 3.23. The summed E-state index contributed by atoms with van der Waals surface area (Å²) in [6.45, 7) is 0.210. The molecule has 1 amide bonds. The molecule has 0 radical (unpaired) electrons. The first-order valence-electron chi connectivity index (χ1n) is 6.87. The van der Waals surface area contributed by atoms with Gasteiger partial charge >= 0.3 is 12.1 Å². The summed E-state index contributed by atoms with van der Waals surface area (Å²) >= 11 is 0. The molecule has 2 aliphatic rings. The number of piperidine rings is 1. The van der Waals surface area contributed by atoms with Crippen molar-refractivity contribution in [1.82, 2.24) is 4.90 Å². The minimum Gasteiger partial charge on any atom is -0.481 e. The third-order valence-corrected chi connectivity index (χ3v) is 4.54. The lowest BCUT2D eigenvalue weighted by atomic mass is 9.82. The molecule has 114 valence electrons. The first-order chi connectivity index (χ1) is 9.28. The molecule has 0 aromatic rings. The normalized spacial score (nSPS) is 23.9. The smallest absolute Gasteiger partial charge is 0.403 e. The van der Waals surface area contributed by atoms with E-state index < -0.39 is 29.4 Å². The molecule has 0 bridgehead atoms. The molecule has 0 unspecified atom stereocenters. The molecule has 1 saturated carbocycles. The Bertz CT molecular complexity index is 394. The highest BCUT2D eigenvalue weighted by Gasteiger charge is 2.62. The molecular formula is C13H18F3NO3. The molecule has 1 aliphatic heterocycles. The summed E-state index contributed by atoms with van der Waals surface area (Å²) in [5.41, 5.74) is -2.23. The van der Waals surface area contributed by atoms with Gasteiger partial charge in [0.2, 0.25) is 5.91 Å². The molecule has 4 nitrogen and oxygen atoms in total. The number of hydrogen-bond donors (Lipinski definition) is 1. The summed E-state index contributed by atoms with van der Waals surface area (Å²) in [7, 11) is 0. The lowest BCUT2D eigenvalue weighted by Gasteiger charge is -2.38. The molecule has 2 fully saturated rings. The zero-order valence-electron chi connectivity index (χ0n) is 11.1. The van der Waals surface area contributed by atoms with E-state index in [0.29, 0.717) is 12.8 Å². The number of aliphatic carboxylic acids is 1. The zero-order chi connectivity index (χ0) is 15.0. The number of hydrogen-bond acceptors (Lipinski definition) is 2. The predicted molar refractivity (Wildman–Crippen MR) is 63.9 cm³/mol. The van der Waals surface area contributed by atoms with Gasteiger partial charge in [0.15, 0.2) is 0 Å². The lowest BCUT2D eigenvalue weighted by molar-refractivity contribution is -0.226. The first-order valence-corrected chi connectivity index (χ1v) is 6.87. The van der Waals surface area contributed by atoms with Crippen LogP contribution < -0.4 is 0 Å². The minimum atomic E-state index is -4.52. The van der Waals surface area contributed by atoms with E-state index in [-0.39, 0.29) is 38.8 Å². The second-order valence-corrected chi connectivity index (χ2v) is 5.69. The van der Waals surface area contributed by atoms with Gasteiger partial charge in [0.25, 0.3) is 0 Å². The number of carboxylic acids is 1. The van der Waals surface area contributed by atoms with Gasteiger partial charge < -0.3 is 10.0 Å². The van der Waals surface area contributed by atoms with E-state index in [1.807, 2.05) is 0 Å². The van der Waals surface area contributed by atoms with Crippen LogP contribution in [0.3, 0.4) is 0 Å². The summed E-state index contributed by atoms with van der Waals surface area (Å²) in [6.07, 6.45) is -3.52. The third kappa shape index (κ3) is 2.50. The van der Waals surface area contributed by atoms with Gasteiger partial charge in [0.1, 0.15) is 5.41 Å². The number of amides is 1. The van der Waals surface area contributed by atoms with Crippen molar-refractivity contribution < 1.29 is 27.9 Å². The van der Waals surface area contributed by atoms with Crippen molar-refractivity contribution >= 4 is 11.9 Å². The van der Waals surface area contributed by atoms with Gasteiger partial charge in [-0.05, 0) is 25.7 Å². The van der Waals surface area contributed by atoms with Gasteiger partial charge in [-0.15, -0.1) is 0 Å². The minimum absolute atomic E-state index is 0.105. The maximum Gasteiger partial charge on any atom is 0.403 e. The van der Waals surface area contributed by atoms with Crippen molar-refractivity contribution in [3.8, 4) is 0 Å². The highest BCUT2D eigenvalue weighted by molar-refractivity contribution is 5.84. The van der Waals surface area contributed by atoms with Crippen LogP contribution in [0.5, 0.6) is 0 Å². The number of carbonyl (C=O) groups excluding carboxylic acids is 1. The molecular weight excluding hydrogens is 275 g/mol. The van der Waals surface area contributed by atoms with Crippen molar-refractivity contribution in [1.29, 1.82) is 0 Å².